The molecule has 0 aliphatic rings. The van der Waals surface area contributed by atoms with Crippen LogP contribution >= 0.6 is 35.3 Å². The molecular formula is C16H27IN4O4S. The van der Waals surface area contributed by atoms with Crippen molar-refractivity contribution in [3.63, 3.8) is 0 Å². The van der Waals surface area contributed by atoms with Crippen molar-refractivity contribution in [2.45, 2.75) is 40.2 Å². The minimum absolute atomic E-state index is 0. The fourth-order valence-corrected chi connectivity index (χ4v) is 2.90. The molecule has 1 aromatic rings. The summed E-state index contributed by atoms with van der Waals surface area (Å²) in [5.74, 6) is -0.0821. The van der Waals surface area contributed by atoms with Crippen LogP contribution < -0.4 is 10.6 Å². The standard InChI is InChI=1S/C16H26N4O4S.HI/c1-6-17-16(18-9-8-12(21)23-5)20-11(4)14-19-10(3)13(25-14)15(22)24-7-2;/h11H,6-9H2,1-5H3,(H2,17,18,20);1H. The summed E-state index contributed by atoms with van der Waals surface area (Å²) < 4.78 is 9.64. The first kappa shape index (κ1) is 24.6. The number of aryl methyl sites for hydroxylation is 1. The number of hydrogen-bond donors (Lipinski definition) is 2. The monoisotopic (exact) mass is 498 g/mol. The molecule has 0 fully saturated rings. The van der Waals surface area contributed by atoms with E-state index in [0.29, 0.717) is 36.2 Å². The van der Waals surface area contributed by atoms with Gasteiger partial charge in [0.1, 0.15) is 9.88 Å². The van der Waals surface area contributed by atoms with E-state index < -0.39 is 0 Å². The summed E-state index contributed by atoms with van der Waals surface area (Å²) in [6, 6.07) is -0.150. The summed E-state index contributed by atoms with van der Waals surface area (Å²) in [6.45, 7) is 8.77. The molecule has 1 aromatic heterocycles. The highest BCUT2D eigenvalue weighted by molar-refractivity contribution is 14.0. The topological polar surface area (TPSA) is 102 Å². The number of ether oxygens (including phenoxy) is 2. The van der Waals surface area contributed by atoms with Crippen LogP contribution in [0.15, 0.2) is 4.99 Å². The number of aliphatic imine (C=N–C) groups is 1. The highest BCUT2D eigenvalue weighted by atomic mass is 127. The lowest BCUT2D eigenvalue weighted by atomic mass is 10.3. The van der Waals surface area contributed by atoms with E-state index in [0.717, 1.165) is 5.01 Å². The van der Waals surface area contributed by atoms with Gasteiger partial charge in [-0.1, -0.05) is 0 Å². The van der Waals surface area contributed by atoms with Crippen LogP contribution in [0.3, 0.4) is 0 Å². The number of carbonyl (C=O) groups excluding carboxylic acids is 2. The van der Waals surface area contributed by atoms with Crippen molar-refractivity contribution in [2.24, 2.45) is 4.99 Å². The second kappa shape index (κ2) is 12.8. The third-order valence-electron chi connectivity index (χ3n) is 3.16. The molecule has 0 saturated carbocycles. The Morgan fingerprint density at radius 3 is 2.62 bits per heavy atom. The van der Waals surface area contributed by atoms with E-state index in [-0.39, 0.29) is 48.4 Å². The molecular weight excluding hydrogens is 471 g/mol. The van der Waals surface area contributed by atoms with E-state index in [2.05, 4.69) is 25.3 Å². The first-order chi connectivity index (χ1) is 11.9. The summed E-state index contributed by atoms with van der Waals surface area (Å²) in [6.07, 6.45) is 0.213. The van der Waals surface area contributed by atoms with E-state index in [1.165, 1.54) is 18.4 Å². The van der Waals surface area contributed by atoms with Gasteiger partial charge in [0.25, 0.3) is 0 Å². The minimum atomic E-state index is -0.352. The summed E-state index contributed by atoms with van der Waals surface area (Å²) in [5.41, 5.74) is 0.653. The van der Waals surface area contributed by atoms with Crippen molar-refractivity contribution in [2.75, 3.05) is 26.8 Å². The molecule has 0 aliphatic carbocycles. The molecule has 1 rings (SSSR count). The van der Waals surface area contributed by atoms with Crippen LogP contribution in [0.2, 0.25) is 0 Å². The number of nitrogens with one attached hydrogen (secondary N) is 2. The molecule has 148 valence electrons. The zero-order valence-electron chi connectivity index (χ0n) is 15.7. The normalized spacial score (nSPS) is 12.0. The molecule has 0 bridgehead atoms. The third kappa shape index (κ3) is 7.85. The maximum Gasteiger partial charge on any atom is 0.350 e. The van der Waals surface area contributed by atoms with Gasteiger partial charge < -0.3 is 20.1 Å². The Labute approximate surface area is 175 Å². The average Bonchev–Trinajstić information content (AvgIpc) is 2.97. The Balaban J connectivity index is 0.00000625. The third-order valence-corrected chi connectivity index (χ3v) is 4.48. The van der Waals surface area contributed by atoms with E-state index in [4.69, 9.17) is 4.74 Å². The van der Waals surface area contributed by atoms with E-state index >= 15 is 0 Å². The van der Waals surface area contributed by atoms with Gasteiger partial charge in [-0.25, -0.2) is 9.78 Å². The molecule has 1 atom stereocenters. The fourth-order valence-electron chi connectivity index (χ4n) is 1.94. The van der Waals surface area contributed by atoms with Crippen LogP contribution in [0, 0.1) is 6.92 Å². The number of thiazole rings is 1. The molecule has 26 heavy (non-hydrogen) atoms. The molecule has 1 unspecified atom stereocenters. The second-order valence-electron chi connectivity index (χ2n) is 5.14. The minimum Gasteiger partial charge on any atom is -0.469 e. The van der Waals surface area contributed by atoms with E-state index in [1.807, 2.05) is 13.8 Å². The molecule has 2 N–H and O–H groups in total. The lowest BCUT2D eigenvalue weighted by Gasteiger charge is -2.15. The maximum absolute atomic E-state index is 11.9. The van der Waals surface area contributed by atoms with Gasteiger partial charge in [0, 0.05) is 6.54 Å². The molecule has 10 heteroatoms. The van der Waals surface area contributed by atoms with Gasteiger partial charge in [-0.15, -0.1) is 35.3 Å². The summed E-state index contributed by atoms with van der Waals surface area (Å²) in [7, 11) is 1.35. The fraction of sp³-hybridized carbons (Fsp3) is 0.625. The molecule has 0 spiro atoms. The summed E-state index contributed by atoms with van der Waals surface area (Å²) in [5, 5.41) is 7.09. The van der Waals surface area contributed by atoms with Crippen LogP contribution in [0.1, 0.15) is 53.6 Å². The lowest BCUT2D eigenvalue weighted by Crippen LogP contribution is -2.38. The quantitative estimate of drug-likeness (QED) is 0.246. The Morgan fingerprint density at radius 2 is 2.04 bits per heavy atom. The lowest BCUT2D eigenvalue weighted by molar-refractivity contribution is -0.140. The van der Waals surface area contributed by atoms with E-state index in [9.17, 15) is 9.59 Å². The van der Waals surface area contributed by atoms with Crippen molar-refractivity contribution in [3.8, 4) is 0 Å². The summed E-state index contributed by atoms with van der Waals surface area (Å²) >= 11 is 1.30. The molecule has 1 heterocycles. The first-order valence-electron chi connectivity index (χ1n) is 8.18. The van der Waals surface area contributed by atoms with Crippen LogP contribution in [-0.4, -0.2) is 49.7 Å². The van der Waals surface area contributed by atoms with Gasteiger partial charge in [-0.05, 0) is 27.7 Å². The smallest absolute Gasteiger partial charge is 0.350 e. The predicted molar refractivity (Wildman–Crippen MR) is 112 cm³/mol. The van der Waals surface area contributed by atoms with Gasteiger partial charge in [-0.2, -0.15) is 0 Å². The van der Waals surface area contributed by atoms with Crippen LogP contribution in [0.25, 0.3) is 0 Å². The number of aromatic nitrogens is 1. The summed E-state index contributed by atoms with van der Waals surface area (Å²) in [4.78, 5) is 32.4. The second-order valence-corrected chi connectivity index (χ2v) is 6.17. The number of carbonyl (C=O) groups is 2. The Morgan fingerprint density at radius 1 is 1.35 bits per heavy atom. The van der Waals surface area contributed by atoms with Crippen molar-refractivity contribution in [1.82, 2.24) is 15.6 Å². The van der Waals surface area contributed by atoms with Gasteiger partial charge in [-0.3, -0.25) is 9.79 Å². The van der Waals surface area contributed by atoms with Crippen molar-refractivity contribution < 1.29 is 19.1 Å². The average molecular weight is 498 g/mol. The Kier molecular flexibility index (Phi) is 12.1. The molecule has 0 radical (unpaired) electrons. The van der Waals surface area contributed by atoms with Crippen molar-refractivity contribution >= 4 is 53.2 Å². The highest BCUT2D eigenvalue weighted by Gasteiger charge is 2.20. The maximum atomic E-state index is 11.9. The number of esters is 2. The van der Waals surface area contributed by atoms with Crippen LogP contribution in [-0.2, 0) is 14.3 Å². The van der Waals surface area contributed by atoms with Crippen LogP contribution in [0.4, 0.5) is 0 Å². The van der Waals surface area contributed by atoms with Gasteiger partial charge in [0.2, 0.25) is 0 Å². The molecule has 0 amide bonds. The molecule has 0 aliphatic heterocycles. The predicted octanol–water partition coefficient (Wildman–Crippen LogP) is 2.43. The number of hydrogen-bond acceptors (Lipinski definition) is 7. The molecule has 8 nitrogen and oxygen atoms in total. The zero-order chi connectivity index (χ0) is 18.8. The number of rotatable bonds is 8. The van der Waals surface area contributed by atoms with E-state index in [1.54, 1.807) is 13.8 Å². The van der Waals surface area contributed by atoms with Gasteiger partial charge in [0.15, 0.2) is 5.96 Å². The van der Waals surface area contributed by atoms with Crippen LogP contribution in [0.5, 0.6) is 0 Å². The number of nitrogens with zero attached hydrogens (tertiary/aromatic N) is 2. The molecule has 0 saturated heterocycles. The highest BCUT2D eigenvalue weighted by Crippen LogP contribution is 2.24. The Bertz CT molecular complexity index is 621. The van der Waals surface area contributed by atoms with Gasteiger partial charge in [0.05, 0.1) is 38.4 Å². The SMILES string of the molecule is CCNC(=NCCC(=O)OC)NC(C)c1nc(C)c(C(=O)OCC)s1.I. The number of halogens is 1. The largest absolute Gasteiger partial charge is 0.469 e. The van der Waals surface area contributed by atoms with Crippen molar-refractivity contribution in [3.05, 3.63) is 15.6 Å². The zero-order valence-corrected chi connectivity index (χ0v) is 18.9. The number of guanidine groups is 1. The number of methoxy groups -OCH3 is 1. The first-order valence-corrected chi connectivity index (χ1v) is 9.00. The van der Waals surface area contributed by atoms with Crippen molar-refractivity contribution in [1.29, 1.82) is 0 Å². The molecule has 0 aromatic carbocycles. The Hall–Kier alpha value is -1.43. The van der Waals surface area contributed by atoms with Gasteiger partial charge >= 0.3 is 11.9 Å².